The van der Waals surface area contributed by atoms with E-state index in [2.05, 4.69) is 46.5 Å². The second-order valence-corrected chi connectivity index (χ2v) is 6.75. The quantitative estimate of drug-likeness (QED) is 0.346. The number of aliphatic imine (C=N–C) groups is 1. The van der Waals surface area contributed by atoms with Crippen molar-refractivity contribution in [3.05, 3.63) is 12.2 Å². The minimum Gasteiger partial charge on any atom is -0.357 e. The van der Waals surface area contributed by atoms with Crippen LogP contribution in [0, 0.1) is 5.92 Å². The number of hydrogen-bond donors (Lipinski definition) is 2. The van der Waals surface area contributed by atoms with Gasteiger partial charge >= 0.3 is 0 Å². The maximum atomic E-state index is 12.5. The van der Waals surface area contributed by atoms with Gasteiger partial charge in [0.15, 0.2) is 5.96 Å². The Balaban J connectivity index is 0.00000364. The highest BCUT2D eigenvalue weighted by atomic mass is 127. The Morgan fingerprint density at radius 2 is 1.96 bits per heavy atom. The monoisotopic (exact) mass is 491 g/mol. The number of carbonyl (C=O) groups is 1. The molecule has 1 fully saturated rings. The fraction of sp³-hybridized carbons (Fsp3) is 0.778. The predicted octanol–water partition coefficient (Wildman–Crippen LogP) is 1.92. The molecule has 1 aliphatic heterocycles. The zero-order valence-corrected chi connectivity index (χ0v) is 19.3. The third kappa shape index (κ3) is 6.93. The smallest absolute Gasteiger partial charge is 0.225 e. The first-order valence-corrected chi connectivity index (χ1v) is 9.75. The van der Waals surface area contributed by atoms with Gasteiger partial charge < -0.3 is 15.5 Å². The number of aryl methyl sites for hydroxylation is 1. The van der Waals surface area contributed by atoms with E-state index >= 15 is 0 Å². The lowest BCUT2D eigenvalue weighted by Crippen LogP contribution is -2.50. The second kappa shape index (κ2) is 12.1. The highest BCUT2D eigenvalue weighted by Gasteiger charge is 2.26. The largest absolute Gasteiger partial charge is 0.357 e. The molecule has 1 saturated heterocycles. The molecule has 9 heteroatoms. The van der Waals surface area contributed by atoms with Crippen LogP contribution in [0.25, 0.3) is 0 Å². The summed E-state index contributed by atoms with van der Waals surface area (Å²) in [5.41, 5.74) is 0. The number of guanidine groups is 1. The van der Waals surface area contributed by atoms with Gasteiger partial charge in [0.05, 0.1) is 0 Å². The van der Waals surface area contributed by atoms with Crippen LogP contribution < -0.4 is 10.6 Å². The maximum absolute atomic E-state index is 12.5. The molecule has 0 unspecified atom stereocenters. The molecule has 0 radical (unpaired) electrons. The maximum Gasteiger partial charge on any atom is 0.225 e. The summed E-state index contributed by atoms with van der Waals surface area (Å²) < 4.78 is 1.73. The van der Waals surface area contributed by atoms with Gasteiger partial charge in [-0.15, -0.1) is 24.0 Å². The van der Waals surface area contributed by atoms with E-state index in [0.29, 0.717) is 18.5 Å². The lowest BCUT2D eigenvalue weighted by molar-refractivity contribution is -0.136. The number of amides is 1. The van der Waals surface area contributed by atoms with Crippen molar-refractivity contribution in [3.8, 4) is 0 Å². The Labute approximate surface area is 179 Å². The summed E-state index contributed by atoms with van der Waals surface area (Å²) in [7, 11) is 1.87. The van der Waals surface area contributed by atoms with Gasteiger partial charge in [-0.1, -0.05) is 13.8 Å². The van der Waals surface area contributed by atoms with E-state index < -0.39 is 0 Å². The highest BCUT2D eigenvalue weighted by molar-refractivity contribution is 14.0. The molecule has 2 heterocycles. The molecule has 0 aliphatic carbocycles. The average molecular weight is 491 g/mol. The van der Waals surface area contributed by atoms with Crippen molar-refractivity contribution in [1.82, 2.24) is 30.3 Å². The molecule has 8 nitrogen and oxygen atoms in total. The number of nitrogens with one attached hydrogen (secondary N) is 2. The van der Waals surface area contributed by atoms with Crippen molar-refractivity contribution in [2.24, 2.45) is 18.0 Å². The number of piperidine rings is 1. The van der Waals surface area contributed by atoms with Crippen LogP contribution in [0.15, 0.2) is 11.3 Å². The molecule has 1 aromatic rings. The van der Waals surface area contributed by atoms with Crippen LogP contribution in [0.2, 0.25) is 0 Å². The molecule has 0 bridgehead atoms. The normalized spacial score (nSPS) is 15.6. The minimum atomic E-state index is 0. The molecule has 1 aliphatic rings. The number of aromatic nitrogens is 3. The van der Waals surface area contributed by atoms with E-state index in [-0.39, 0.29) is 29.9 Å². The molecular formula is C18H34IN7O. The zero-order valence-electron chi connectivity index (χ0n) is 16.9. The van der Waals surface area contributed by atoms with Crippen LogP contribution in [0.4, 0.5) is 0 Å². The van der Waals surface area contributed by atoms with Crippen molar-refractivity contribution in [2.45, 2.75) is 59.0 Å². The van der Waals surface area contributed by atoms with Gasteiger partial charge in [0, 0.05) is 38.6 Å². The Bertz CT molecular complexity index is 592. The molecule has 0 atom stereocenters. The lowest BCUT2D eigenvalue weighted by atomic mass is 9.98. The lowest BCUT2D eigenvalue weighted by Gasteiger charge is -2.34. The standard InChI is InChI=1S/C18H33N7O.HI/c1-5-14(6-2)17(26)25-10-8-15(9-11-25)23-18(19-7-3)20-12-16-21-13-22-24(16)4;/h13-15H,5-12H2,1-4H3,(H2,19,20,23);1H. The van der Waals surface area contributed by atoms with Gasteiger partial charge in [-0.05, 0) is 32.6 Å². The molecular weight excluding hydrogens is 457 g/mol. The van der Waals surface area contributed by atoms with E-state index in [1.165, 1.54) is 6.33 Å². The molecule has 1 amide bonds. The fourth-order valence-electron chi connectivity index (χ4n) is 3.27. The van der Waals surface area contributed by atoms with E-state index in [4.69, 9.17) is 0 Å². The summed E-state index contributed by atoms with van der Waals surface area (Å²) >= 11 is 0. The summed E-state index contributed by atoms with van der Waals surface area (Å²) in [5.74, 6) is 2.11. The van der Waals surface area contributed by atoms with Gasteiger partial charge in [0.25, 0.3) is 0 Å². The molecule has 1 aromatic heterocycles. The van der Waals surface area contributed by atoms with Crippen molar-refractivity contribution >= 4 is 35.8 Å². The van der Waals surface area contributed by atoms with Gasteiger partial charge in [0.1, 0.15) is 18.7 Å². The number of halogens is 1. The van der Waals surface area contributed by atoms with Gasteiger partial charge in [0.2, 0.25) is 5.91 Å². The molecule has 27 heavy (non-hydrogen) atoms. The summed E-state index contributed by atoms with van der Waals surface area (Å²) in [5, 5.41) is 10.8. The Morgan fingerprint density at radius 1 is 1.30 bits per heavy atom. The molecule has 2 N–H and O–H groups in total. The number of rotatable bonds is 7. The molecule has 2 rings (SSSR count). The van der Waals surface area contributed by atoms with Crippen molar-refractivity contribution in [3.63, 3.8) is 0 Å². The summed E-state index contributed by atoms with van der Waals surface area (Å²) in [6, 6.07) is 0.332. The van der Waals surface area contributed by atoms with Crippen LogP contribution >= 0.6 is 24.0 Å². The van der Waals surface area contributed by atoms with Crippen LogP contribution in [-0.2, 0) is 18.4 Å². The van der Waals surface area contributed by atoms with Crippen LogP contribution in [0.3, 0.4) is 0 Å². The number of carbonyl (C=O) groups excluding carboxylic acids is 1. The van der Waals surface area contributed by atoms with Crippen LogP contribution in [-0.4, -0.2) is 57.2 Å². The minimum absolute atomic E-state index is 0. The molecule has 0 saturated carbocycles. The topological polar surface area (TPSA) is 87.4 Å². The van der Waals surface area contributed by atoms with Gasteiger partial charge in [-0.2, -0.15) is 5.10 Å². The molecule has 0 spiro atoms. The Hall–Kier alpha value is -1.39. The Kier molecular flexibility index (Phi) is 10.6. The van der Waals surface area contributed by atoms with E-state index in [0.717, 1.165) is 57.1 Å². The van der Waals surface area contributed by atoms with E-state index in [1.54, 1.807) is 4.68 Å². The van der Waals surface area contributed by atoms with Gasteiger partial charge in [-0.25, -0.2) is 9.98 Å². The first-order valence-electron chi connectivity index (χ1n) is 9.75. The summed E-state index contributed by atoms with van der Waals surface area (Å²) in [4.78, 5) is 23.4. The Morgan fingerprint density at radius 3 is 2.48 bits per heavy atom. The van der Waals surface area contributed by atoms with Crippen molar-refractivity contribution in [2.75, 3.05) is 19.6 Å². The predicted molar refractivity (Wildman–Crippen MR) is 118 cm³/mol. The van der Waals surface area contributed by atoms with Crippen molar-refractivity contribution in [1.29, 1.82) is 0 Å². The van der Waals surface area contributed by atoms with E-state index in [1.807, 2.05) is 11.9 Å². The summed E-state index contributed by atoms with van der Waals surface area (Å²) in [6.45, 7) is 9.16. The number of nitrogens with zero attached hydrogens (tertiary/aromatic N) is 5. The van der Waals surface area contributed by atoms with Crippen LogP contribution in [0.5, 0.6) is 0 Å². The van der Waals surface area contributed by atoms with E-state index in [9.17, 15) is 4.79 Å². The first-order chi connectivity index (χ1) is 12.6. The number of likely N-dealkylation sites (tertiary alicyclic amines) is 1. The van der Waals surface area contributed by atoms with Crippen LogP contribution in [0.1, 0.15) is 52.3 Å². The fourth-order valence-corrected chi connectivity index (χ4v) is 3.27. The zero-order chi connectivity index (χ0) is 18.9. The SMILES string of the molecule is CCNC(=NCc1ncnn1C)NC1CCN(C(=O)C(CC)CC)CC1.I. The third-order valence-electron chi connectivity index (χ3n) is 5.01. The number of hydrogen-bond acceptors (Lipinski definition) is 4. The average Bonchev–Trinajstić information content (AvgIpc) is 3.06. The second-order valence-electron chi connectivity index (χ2n) is 6.75. The highest BCUT2D eigenvalue weighted by Crippen LogP contribution is 2.17. The molecule has 154 valence electrons. The van der Waals surface area contributed by atoms with Crippen molar-refractivity contribution < 1.29 is 4.79 Å². The third-order valence-corrected chi connectivity index (χ3v) is 5.01. The first kappa shape index (κ1) is 23.6. The van der Waals surface area contributed by atoms with Gasteiger partial charge in [-0.3, -0.25) is 9.48 Å². The summed E-state index contributed by atoms with van der Waals surface area (Å²) in [6.07, 6.45) is 5.28. The molecule has 0 aromatic carbocycles.